The lowest BCUT2D eigenvalue weighted by Crippen LogP contribution is -2.46. The number of halogens is 1. The molecule has 2 aliphatic heterocycles. The average molecular weight is 535 g/mol. The van der Waals surface area contributed by atoms with Crippen LogP contribution in [0.3, 0.4) is 0 Å². The van der Waals surface area contributed by atoms with Gasteiger partial charge in [0, 0.05) is 50.1 Å². The third kappa shape index (κ3) is 7.08. The van der Waals surface area contributed by atoms with Gasteiger partial charge in [0.1, 0.15) is 0 Å². The van der Waals surface area contributed by atoms with E-state index < -0.39 is 0 Å². The molecule has 1 aromatic rings. The van der Waals surface area contributed by atoms with Crippen molar-refractivity contribution in [1.82, 2.24) is 20.4 Å². The first kappa shape index (κ1) is 24.4. The Morgan fingerprint density at radius 2 is 2.14 bits per heavy atom. The number of guanidine groups is 1. The number of carbonyl (C=O) groups is 1. The number of hydrogen-bond acceptors (Lipinski definition) is 5. The molecule has 2 fully saturated rings. The van der Waals surface area contributed by atoms with Gasteiger partial charge in [-0.2, -0.15) is 0 Å². The van der Waals surface area contributed by atoms with Gasteiger partial charge in [-0.05, 0) is 24.8 Å². The monoisotopic (exact) mass is 535 g/mol. The molecule has 3 rings (SSSR count). The molecule has 0 radical (unpaired) electrons. The summed E-state index contributed by atoms with van der Waals surface area (Å²) < 4.78 is 5.53. The van der Waals surface area contributed by atoms with Crippen LogP contribution in [0.4, 0.5) is 0 Å². The van der Waals surface area contributed by atoms with E-state index in [4.69, 9.17) is 9.73 Å². The Kier molecular flexibility index (Phi) is 10.7. The molecule has 2 atom stereocenters. The van der Waals surface area contributed by atoms with E-state index in [2.05, 4.69) is 40.0 Å². The number of aliphatic imine (C=N–C) groups is 1. The highest BCUT2D eigenvalue weighted by Gasteiger charge is 2.27. The summed E-state index contributed by atoms with van der Waals surface area (Å²) in [7, 11) is 0. The average Bonchev–Trinajstić information content (AvgIpc) is 3.41. The van der Waals surface area contributed by atoms with Crippen molar-refractivity contribution in [3.63, 3.8) is 0 Å². The quantitative estimate of drug-likeness (QED) is 0.319. The zero-order valence-corrected chi connectivity index (χ0v) is 20.6. The number of carbonyl (C=O) groups excluding carboxylic acids is 1. The number of likely N-dealkylation sites (tertiary alicyclic amines) is 1. The van der Waals surface area contributed by atoms with Crippen LogP contribution in [0.2, 0.25) is 0 Å². The van der Waals surface area contributed by atoms with Crippen LogP contribution >= 0.6 is 35.3 Å². The van der Waals surface area contributed by atoms with Crippen LogP contribution in [0, 0.1) is 0 Å². The zero-order chi connectivity index (χ0) is 19.8. The Labute approximate surface area is 195 Å². The first-order valence-electron chi connectivity index (χ1n) is 10.4. The molecule has 0 aliphatic carbocycles. The maximum Gasteiger partial charge on any atom is 0.222 e. The van der Waals surface area contributed by atoms with Gasteiger partial charge >= 0.3 is 0 Å². The molecule has 0 bridgehead atoms. The molecular weight excluding hydrogens is 501 g/mol. The molecular formula is C20H34IN5O2S. The minimum Gasteiger partial charge on any atom is -0.379 e. The van der Waals surface area contributed by atoms with E-state index in [-0.39, 0.29) is 42.0 Å². The van der Waals surface area contributed by atoms with Crippen LogP contribution in [0.1, 0.15) is 37.6 Å². The predicted molar refractivity (Wildman–Crippen MR) is 129 cm³/mol. The Bertz CT molecular complexity index is 637. The Morgan fingerprint density at radius 1 is 1.34 bits per heavy atom. The fourth-order valence-electron chi connectivity index (χ4n) is 3.77. The van der Waals surface area contributed by atoms with Crippen LogP contribution in [-0.2, 0) is 9.53 Å². The number of amides is 1. The van der Waals surface area contributed by atoms with E-state index in [1.165, 1.54) is 4.88 Å². The number of ether oxygens (including phenoxy) is 1. The van der Waals surface area contributed by atoms with Crippen molar-refractivity contribution in [2.45, 2.75) is 38.8 Å². The van der Waals surface area contributed by atoms with Gasteiger partial charge in [-0.3, -0.25) is 14.7 Å². The fourth-order valence-corrected chi connectivity index (χ4v) is 4.63. The Morgan fingerprint density at radius 3 is 2.79 bits per heavy atom. The molecule has 0 spiro atoms. The highest BCUT2D eigenvalue weighted by Crippen LogP contribution is 2.26. The van der Waals surface area contributed by atoms with Gasteiger partial charge in [0.15, 0.2) is 5.96 Å². The van der Waals surface area contributed by atoms with E-state index in [1.54, 1.807) is 11.3 Å². The molecule has 1 aromatic heterocycles. The number of hydrogen-bond donors (Lipinski definition) is 2. The molecule has 9 heteroatoms. The van der Waals surface area contributed by atoms with E-state index in [9.17, 15) is 4.79 Å². The molecule has 1 amide bonds. The van der Waals surface area contributed by atoms with Crippen molar-refractivity contribution in [1.29, 1.82) is 0 Å². The third-order valence-corrected chi connectivity index (χ3v) is 6.28. The van der Waals surface area contributed by atoms with Crippen LogP contribution in [0.15, 0.2) is 22.5 Å². The molecule has 2 unspecified atom stereocenters. The molecule has 3 heterocycles. The molecule has 2 N–H and O–H groups in total. The SMILES string of the molecule is CCNC(=NCC(c1cccs1)N1CCOCC1)NC1CCN(C(=O)CC)C1.I. The maximum absolute atomic E-state index is 11.9. The lowest BCUT2D eigenvalue weighted by molar-refractivity contribution is -0.129. The van der Waals surface area contributed by atoms with Gasteiger partial charge in [0.05, 0.1) is 25.8 Å². The maximum atomic E-state index is 11.9. The summed E-state index contributed by atoms with van der Waals surface area (Å²) in [6.45, 7) is 10.6. The molecule has 164 valence electrons. The van der Waals surface area contributed by atoms with Crippen molar-refractivity contribution in [2.24, 2.45) is 4.99 Å². The summed E-state index contributed by atoms with van der Waals surface area (Å²) in [5.74, 6) is 1.07. The molecule has 7 nitrogen and oxygen atoms in total. The number of rotatable bonds is 7. The predicted octanol–water partition coefficient (Wildman–Crippen LogP) is 2.31. The lowest BCUT2D eigenvalue weighted by atomic mass is 10.2. The van der Waals surface area contributed by atoms with Crippen LogP contribution in [0.25, 0.3) is 0 Å². The first-order valence-corrected chi connectivity index (χ1v) is 11.3. The molecule has 2 aliphatic rings. The Hall–Kier alpha value is -0.910. The zero-order valence-electron chi connectivity index (χ0n) is 17.4. The summed E-state index contributed by atoms with van der Waals surface area (Å²) >= 11 is 1.79. The third-order valence-electron chi connectivity index (χ3n) is 5.31. The van der Waals surface area contributed by atoms with Crippen molar-refractivity contribution < 1.29 is 9.53 Å². The van der Waals surface area contributed by atoms with Gasteiger partial charge in [-0.15, -0.1) is 35.3 Å². The van der Waals surface area contributed by atoms with E-state index in [0.717, 1.165) is 58.3 Å². The van der Waals surface area contributed by atoms with Gasteiger partial charge in [-0.1, -0.05) is 13.0 Å². The second kappa shape index (κ2) is 12.7. The highest BCUT2D eigenvalue weighted by atomic mass is 127. The molecule has 29 heavy (non-hydrogen) atoms. The number of morpholine rings is 1. The number of nitrogens with zero attached hydrogens (tertiary/aromatic N) is 3. The van der Waals surface area contributed by atoms with Gasteiger partial charge in [-0.25, -0.2) is 0 Å². The minimum absolute atomic E-state index is 0. The van der Waals surface area contributed by atoms with Crippen LogP contribution in [-0.4, -0.2) is 80.2 Å². The molecule has 2 saturated heterocycles. The summed E-state index contributed by atoms with van der Waals surface area (Å²) in [5.41, 5.74) is 0. The van der Waals surface area contributed by atoms with Gasteiger partial charge < -0.3 is 20.3 Å². The number of nitrogens with one attached hydrogen (secondary N) is 2. The lowest BCUT2D eigenvalue weighted by Gasteiger charge is -2.33. The molecule has 0 aromatic carbocycles. The van der Waals surface area contributed by atoms with Crippen LogP contribution < -0.4 is 10.6 Å². The summed E-state index contributed by atoms with van der Waals surface area (Å²) in [4.78, 5) is 22.6. The topological polar surface area (TPSA) is 69.2 Å². The molecule has 0 saturated carbocycles. The normalized spacial score (nSPS) is 21.5. The Balaban J connectivity index is 0.00000300. The summed E-state index contributed by atoms with van der Waals surface area (Å²) in [5, 5.41) is 9.03. The van der Waals surface area contributed by atoms with E-state index >= 15 is 0 Å². The number of thiophene rings is 1. The van der Waals surface area contributed by atoms with Crippen LogP contribution in [0.5, 0.6) is 0 Å². The van der Waals surface area contributed by atoms with Crippen molar-refractivity contribution >= 4 is 47.2 Å². The standard InChI is InChI=1S/C20H33N5O2S.HI/c1-3-19(26)25-8-7-16(15-25)23-20(21-4-2)22-14-17(18-6-5-13-28-18)24-9-11-27-12-10-24;/h5-6,13,16-17H,3-4,7-12,14-15H2,1-2H3,(H2,21,22,23);1H. The smallest absolute Gasteiger partial charge is 0.222 e. The fraction of sp³-hybridized carbons (Fsp3) is 0.700. The van der Waals surface area contributed by atoms with Crippen molar-refractivity contribution in [2.75, 3.05) is 52.5 Å². The largest absolute Gasteiger partial charge is 0.379 e. The van der Waals surface area contributed by atoms with E-state index in [0.29, 0.717) is 13.0 Å². The summed E-state index contributed by atoms with van der Waals surface area (Å²) in [6, 6.07) is 4.85. The van der Waals surface area contributed by atoms with Crippen molar-refractivity contribution in [3.8, 4) is 0 Å². The summed E-state index contributed by atoms with van der Waals surface area (Å²) in [6.07, 6.45) is 1.54. The van der Waals surface area contributed by atoms with Gasteiger partial charge in [0.25, 0.3) is 0 Å². The van der Waals surface area contributed by atoms with Gasteiger partial charge in [0.2, 0.25) is 5.91 Å². The van der Waals surface area contributed by atoms with Crippen molar-refractivity contribution in [3.05, 3.63) is 22.4 Å². The minimum atomic E-state index is 0. The van der Waals surface area contributed by atoms with E-state index in [1.807, 2.05) is 11.8 Å². The first-order chi connectivity index (χ1) is 13.7. The highest BCUT2D eigenvalue weighted by molar-refractivity contribution is 14.0. The second-order valence-electron chi connectivity index (χ2n) is 7.22. The second-order valence-corrected chi connectivity index (χ2v) is 8.20.